The molecule has 6 heteroatoms. The van der Waals surface area contributed by atoms with Gasteiger partial charge in [0, 0.05) is 11.8 Å². The quantitative estimate of drug-likeness (QED) is 0.825. The maximum Gasteiger partial charge on any atom is 0.233 e. The van der Waals surface area contributed by atoms with E-state index in [0.717, 1.165) is 23.2 Å². The highest BCUT2D eigenvalue weighted by Crippen LogP contribution is 2.52. The second kappa shape index (κ2) is 6.48. The first kappa shape index (κ1) is 17.0. The number of hydroxylamine groups is 3. The molecule has 2 aliphatic carbocycles. The Kier molecular flexibility index (Phi) is 4.07. The molecule has 2 atom stereocenters. The molecular weight excluding hydrogens is 342 g/mol. The molecule has 142 valence electrons. The normalized spacial score (nSPS) is 25.0. The molecule has 27 heavy (non-hydrogen) atoms. The van der Waals surface area contributed by atoms with Gasteiger partial charge in [-0.2, -0.15) is 4.65 Å². The Balaban J connectivity index is 1.28. The fraction of sp³-hybridized carbons (Fsp3) is 0.476. The number of benzene rings is 1. The van der Waals surface area contributed by atoms with Crippen LogP contribution in [0, 0.1) is 12.8 Å². The van der Waals surface area contributed by atoms with Crippen LogP contribution >= 0.6 is 0 Å². The molecule has 2 heterocycles. The number of aromatic nitrogens is 2. The van der Waals surface area contributed by atoms with Gasteiger partial charge in [-0.15, -0.1) is 5.10 Å². The highest BCUT2D eigenvalue weighted by molar-refractivity contribution is 5.64. The molecule has 1 aliphatic heterocycles. The van der Waals surface area contributed by atoms with Crippen LogP contribution in [0.25, 0.3) is 11.8 Å². The van der Waals surface area contributed by atoms with E-state index in [9.17, 15) is 5.21 Å². The predicted octanol–water partition coefficient (Wildman–Crippen LogP) is 2.93. The fourth-order valence-corrected chi connectivity index (χ4v) is 4.19. The first-order valence-corrected chi connectivity index (χ1v) is 9.80. The van der Waals surface area contributed by atoms with Crippen LogP contribution in [0.1, 0.15) is 29.2 Å². The third-order valence-corrected chi connectivity index (χ3v) is 6.00. The zero-order valence-electron chi connectivity index (χ0n) is 15.7. The van der Waals surface area contributed by atoms with Crippen molar-refractivity contribution >= 4 is 6.08 Å². The number of allylic oxidation sites excluding steroid dienone is 1. The van der Waals surface area contributed by atoms with Gasteiger partial charge in [-0.25, -0.2) is 9.89 Å². The van der Waals surface area contributed by atoms with Crippen molar-refractivity contribution in [2.24, 2.45) is 5.92 Å². The number of hydrogen-bond donors (Lipinski definition) is 1. The van der Waals surface area contributed by atoms with Gasteiger partial charge in [-0.1, -0.05) is 18.2 Å². The summed E-state index contributed by atoms with van der Waals surface area (Å²) in [6, 6.07) is 8.57. The largest absolute Gasteiger partial charge is 0.470 e. The Labute approximate surface area is 159 Å². The Bertz CT molecular complexity index is 883. The van der Waals surface area contributed by atoms with Gasteiger partial charge in [0.1, 0.15) is 26.2 Å². The molecule has 1 saturated carbocycles. The van der Waals surface area contributed by atoms with Crippen LogP contribution in [0.2, 0.25) is 0 Å². The van der Waals surface area contributed by atoms with E-state index in [0.29, 0.717) is 45.3 Å². The van der Waals surface area contributed by atoms with Crippen LogP contribution in [0.3, 0.4) is 0 Å². The van der Waals surface area contributed by atoms with Crippen molar-refractivity contribution in [2.75, 3.05) is 39.5 Å². The first-order valence-electron chi connectivity index (χ1n) is 9.80. The highest BCUT2D eigenvalue weighted by atomic mass is 16.6. The van der Waals surface area contributed by atoms with Gasteiger partial charge in [0.2, 0.25) is 5.88 Å². The zero-order valence-corrected chi connectivity index (χ0v) is 15.7. The second-order valence-corrected chi connectivity index (χ2v) is 7.94. The third kappa shape index (κ3) is 3.29. The van der Waals surface area contributed by atoms with E-state index in [1.165, 1.54) is 17.5 Å². The number of ether oxygens (including phenoxy) is 2. The Hall–Kier alpha value is -2.15. The van der Waals surface area contributed by atoms with E-state index in [1.54, 1.807) is 0 Å². The molecule has 1 saturated heterocycles. The lowest BCUT2D eigenvalue weighted by atomic mass is 9.97. The van der Waals surface area contributed by atoms with Crippen LogP contribution in [-0.2, 0) is 4.74 Å². The molecule has 5 rings (SSSR count). The van der Waals surface area contributed by atoms with E-state index in [2.05, 4.69) is 35.4 Å². The summed E-state index contributed by atoms with van der Waals surface area (Å²) < 4.78 is 13.1. The number of aryl methyl sites for hydroxylation is 1. The minimum Gasteiger partial charge on any atom is -0.470 e. The van der Waals surface area contributed by atoms with Crippen molar-refractivity contribution in [1.29, 1.82) is 0 Å². The molecular formula is C21H26N3O3+. The zero-order chi connectivity index (χ0) is 18.4. The van der Waals surface area contributed by atoms with Gasteiger partial charge in [-0.3, -0.25) is 0 Å². The summed E-state index contributed by atoms with van der Waals surface area (Å²) in [5.74, 6) is 2.09. The van der Waals surface area contributed by atoms with Crippen molar-refractivity contribution in [3.8, 4) is 11.6 Å². The topological polar surface area (TPSA) is 56.5 Å². The lowest BCUT2D eigenvalue weighted by molar-refractivity contribution is -1.11. The van der Waals surface area contributed by atoms with E-state index in [-0.39, 0.29) is 4.65 Å². The smallest absolute Gasteiger partial charge is 0.233 e. The van der Waals surface area contributed by atoms with Crippen LogP contribution in [0.4, 0.5) is 0 Å². The number of quaternary nitrogens is 1. The number of nitrogens with zero attached hydrogens (tertiary/aromatic N) is 3. The molecule has 1 unspecified atom stereocenters. The van der Waals surface area contributed by atoms with E-state index in [4.69, 9.17) is 9.47 Å². The van der Waals surface area contributed by atoms with E-state index >= 15 is 0 Å². The fourth-order valence-electron chi connectivity index (χ4n) is 4.19. The molecule has 6 nitrogen and oxygen atoms in total. The summed E-state index contributed by atoms with van der Waals surface area (Å²) in [5, 5.41) is 15.1. The predicted molar refractivity (Wildman–Crippen MR) is 101 cm³/mol. The van der Waals surface area contributed by atoms with E-state index < -0.39 is 0 Å². The summed E-state index contributed by atoms with van der Waals surface area (Å²) in [5.41, 5.74) is 4.87. The molecule has 1 N–H and O–H groups in total. The van der Waals surface area contributed by atoms with Crippen LogP contribution in [-0.4, -0.2) is 59.1 Å². The van der Waals surface area contributed by atoms with Gasteiger partial charge in [0.05, 0.1) is 18.9 Å². The molecule has 3 aliphatic rings. The maximum absolute atomic E-state index is 10.5. The lowest BCUT2D eigenvalue weighted by Gasteiger charge is -2.32. The van der Waals surface area contributed by atoms with Gasteiger partial charge < -0.3 is 9.47 Å². The number of fused-ring (bicyclic) bond motifs is 3. The van der Waals surface area contributed by atoms with Crippen LogP contribution < -0.4 is 4.74 Å². The molecule has 1 aromatic carbocycles. The molecule has 0 amide bonds. The molecule has 0 spiro atoms. The number of morpholine rings is 1. The maximum atomic E-state index is 10.5. The van der Waals surface area contributed by atoms with Crippen LogP contribution in [0.5, 0.6) is 5.88 Å². The summed E-state index contributed by atoms with van der Waals surface area (Å²) in [7, 11) is 0. The second-order valence-electron chi connectivity index (χ2n) is 7.94. The van der Waals surface area contributed by atoms with Gasteiger partial charge in [-0.05, 0) is 48.4 Å². The van der Waals surface area contributed by atoms with Gasteiger partial charge >= 0.3 is 0 Å². The summed E-state index contributed by atoms with van der Waals surface area (Å²) in [6.07, 6.45) is 5.87. The Morgan fingerprint density at radius 3 is 3.00 bits per heavy atom. The lowest BCUT2D eigenvalue weighted by Crippen LogP contribution is -2.54. The average Bonchev–Trinajstić information content (AvgIpc) is 3.38. The van der Waals surface area contributed by atoms with Crippen molar-refractivity contribution in [1.82, 2.24) is 9.78 Å². The molecule has 1 aromatic heterocycles. The van der Waals surface area contributed by atoms with Crippen molar-refractivity contribution in [2.45, 2.75) is 19.3 Å². The van der Waals surface area contributed by atoms with Crippen molar-refractivity contribution < 1.29 is 19.3 Å². The SMILES string of the molecule is Cc1cc(OCC[N+]2(O)CCOCC2)nn1-c1ccc2c(c1)C=CC1C[C@@H]21. The summed E-state index contributed by atoms with van der Waals surface area (Å²) in [4.78, 5) is 0. The highest BCUT2D eigenvalue weighted by Gasteiger charge is 2.39. The standard InChI is InChI=1S/C21H26N3O3/c1-15-12-21(27-11-8-24(25)6-9-26-10-7-24)22-23(15)18-4-5-19-16(13-18)2-3-17-14-20(17)19/h2-5,12-13,17,20,25H,6-11,14H2,1H3/q+1/t17?,20-/m1/s1. The number of rotatable bonds is 5. The monoisotopic (exact) mass is 368 g/mol. The first-order chi connectivity index (χ1) is 13.1. The summed E-state index contributed by atoms with van der Waals surface area (Å²) in [6.45, 7) is 5.43. The van der Waals surface area contributed by atoms with Gasteiger partial charge in [0.25, 0.3) is 0 Å². The Morgan fingerprint density at radius 1 is 1.30 bits per heavy atom. The average molecular weight is 368 g/mol. The third-order valence-electron chi connectivity index (χ3n) is 6.00. The van der Waals surface area contributed by atoms with Gasteiger partial charge in [0.15, 0.2) is 0 Å². The minimum atomic E-state index is 0.0129. The van der Waals surface area contributed by atoms with Crippen molar-refractivity contribution in [3.63, 3.8) is 0 Å². The molecule has 2 aromatic rings. The van der Waals surface area contributed by atoms with Crippen molar-refractivity contribution in [3.05, 3.63) is 47.2 Å². The molecule has 0 radical (unpaired) electrons. The summed E-state index contributed by atoms with van der Waals surface area (Å²) >= 11 is 0. The Morgan fingerprint density at radius 2 is 2.15 bits per heavy atom. The van der Waals surface area contributed by atoms with Crippen LogP contribution in [0.15, 0.2) is 30.3 Å². The molecule has 2 fully saturated rings. The van der Waals surface area contributed by atoms with E-state index in [1.807, 2.05) is 17.7 Å². The number of hydrogen-bond acceptors (Lipinski definition) is 4. The minimum absolute atomic E-state index is 0.0129. The molecule has 0 bridgehead atoms.